The lowest BCUT2D eigenvalue weighted by Gasteiger charge is -2.29. The minimum atomic E-state index is -0.0715. The summed E-state index contributed by atoms with van der Waals surface area (Å²) in [5.74, 6) is 0.698. The van der Waals surface area contributed by atoms with E-state index in [1.54, 1.807) is 16.9 Å². The number of hydrogen-bond donors (Lipinski definition) is 2. The van der Waals surface area contributed by atoms with E-state index in [-0.39, 0.29) is 11.9 Å². The van der Waals surface area contributed by atoms with Gasteiger partial charge in [-0.25, -0.2) is 14.5 Å². The van der Waals surface area contributed by atoms with E-state index < -0.39 is 0 Å². The van der Waals surface area contributed by atoms with Crippen LogP contribution in [0.1, 0.15) is 34.5 Å². The van der Waals surface area contributed by atoms with Gasteiger partial charge in [0.2, 0.25) is 0 Å². The first-order valence-electron chi connectivity index (χ1n) is 9.92. The molecule has 8 nitrogen and oxygen atoms in total. The maximum atomic E-state index is 12.8. The van der Waals surface area contributed by atoms with Gasteiger partial charge in [-0.05, 0) is 51.2 Å². The molecule has 0 unspecified atom stereocenters. The van der Waals surface area contributed by atoms with Crippen molar-refractivity contribution < 1.29 is 4.79 Å². The number of amides is 1. The molecule has 1 amide bonds. The molecule has 2 aliphatic rings. The van der Waals surface area contributed by atoms with Crippen LogP contribution in [0.3, 0.4) is 0 Å². The van der Waals surface area contributed by atoms with Gasteiger partial charge < -0.3 is 15.5 Å². The third-order valence-electron chi connectivity index (χ3n) is 5.60. The molecule has 0 aliphatic carbocycles. The van der Waals surface area contributed by atoms with Gasteiger partial charge in [0.1, 0.15) is 5.82 Å². The van der Waals surface area contributed by atoms with Crippen molar-refractivity contribution in [2.24, 2.45) is 0 Å². The predicted molar refractivity (Wildman–Crippen MR) is 111 cm³/mol. The first-order chi connectivity index (χ1) is 14.2. The number of pyridine rings is 1. The second-order valence-electron chi connectivity index (χ2n) is 7.62. The van der Waals surface area contributed by atoms with Crippen LogP contribution in [0.4, 0.5) is 5.82 Å². The van der Waals surface area contributed by atoms with E-state index in [2.05, 4.69) is 43.7 Å². The number of nitrogens with zero attached hydrogens (tertiary/aromatic N) is 5. The van der Waals surface area contributed by atoms with Gasteiger partial charge in [0.05, 0.1) is 11.3 Å². The zero-order valence-electron chi connectivity index (χ0n) is 16.3. The van der Waals surface area contributed by atoms with Crippen molar-refractivity contribution in [3.8, 4) is 0 Å². The van der Waals surface area contributed by atoms with Gasteiger partial charge in [-0.15, -0.1) is 0 Å². The Morgan fingerprint density at radius 3 is 2.97 bits per heavy atom. The Labute approximate surface area is 168 Å². The molecule has 5 heterocycles. The van der Waals surface area contributed by atoms with Crippen molar-refractivity contribution in [3.63, 3.8) is 0 Å². The first-order valence-corrected chi connectivity index (χ1v) is 9.92. The van der Waals surface area contributed by atoms with Crippen LogP contribution in [0, 0.1) is 0 Å². The summed E-state index contributed by atoms with van der Waals surface area (Å²) in [6.45, 7) is 2.68. The Balaban J connectivity index is 1.42. The van der Waals surface area contributed by atoms with E-state index >= 15 is 0 Å². The Morgan fingerprint density at radius 2 is 2.10 bits per heavy atom. The van der Waals surface area contributed by atoms with Crippen molar-refractivity contribution in [2.75, 3.05) is 32.0 Å². The lowest BCUT2D eigenvalue weighted by Crippen LogP contribution is -2.43. The number of imidazole rings is 1. The van der Waals surface area contributed by atoms with E-state index in [1.165, 1.54) is 0 Å². The summed E-state index contributed by atoms with van der Waals surface area (Å²) in [6, 6.07) is 6.02. The van der Waals surface area contributed by atoms with E-state index in [9.17, 15) is 4.79 Å². The molecule has 2 aliphatic heterocycles. The summed E-state index contributed by atoms with van der Waals surface area (Å²) in [6.07, 6.45) is 9.22. The van der Waals surface area contributed by atoms with Gasteiger partial charge in [0.15, 0.2) is 5.65 Å². The number of rotatable bonds is 3. The molecule has 5 rings (SSSR count). The molecule has 8 heteroatoms. The highest BCUT2D eigenvalue weighted by molar-refractivity contribution is 5.97. The van der Waals surface area contributed by atoms with Gasteiger partial charge in [-0.3, -0.25) is 4.79 Å². The lowest BCUT2D eigenvalue weighted by atomic mass is 9.98. The summed E-state index contributed by atoms with van der Waals surface area (Å²) >= 11 is 0. The third-order valence-corrected chi connectivity index (χ3v) is 5.60. The number of likely N-dealkylation sites (tertiary alicyclic amines) is 1. The fourth-order valence-electron chi connectivity index (χ4n) is 3.92. The quantitative estimate of drug-likeness (QED) is 0.710. The molecule has 148 valence electrons. The molecule has 1 saturated heterocycles. The van der Waals surface area contributed by atoms with Crippen molar-refractivity contribution >= 4 is 22.9 Å². The standard InChI is InChI=1S/C21H23N7O/c1-27-9-5-15(6-10-27)25-21(29)14-12-17-16(4-7-23-20(17)24-13-14)18-2-3-19-22-8-11-28(19)26-18/h2-4,8,11-13,15H,5-7,9-10H2,1H3,(H,23,24)(H,25,29). The van der Waals surface area contributed by atoms with Crippen molar-refractivity contribution in [1.82, 2.24) is 29.8 Å². The number of hydrogen-bond acceptors (Lipinski definition) is 6. The summed E-state index contributed by atoms with van der Waals surface area (Å²) in [5, 5.41) is 11.1. The molecule has 3 aromatic rings. The Hall–Kier alpha value is -3.26. The van der Waals surface area contributed by atoms with Crippen LogP contribution in [0.25, 0.3) is 11.2 Å². The lowest BCUT2D eigenvalue weighted by molar-refractivity contribution is 0.0916. The van der Waals surface area contributed by atoms with Crippen LogP contribution in [-0.4, -0.2) is 63.1 Å². The van der Waals surface area contributed by atoms with Crippen LogP contribution in [0.2, 0.25) is 0 Å². The Kier molecular flexibility index (Phi) is 4.48. The SMILES string of the molecule is CN1CCC(NC(=O)c2cnc3c(c2)C(c2ccc4nccn4n2)=CCN3)CC1. The minimum Gasteiger partial charge on any atom is -0.366 e. The molecule has 29 heavy (non-hydrogen) atoms. The fraction of sp³-hybridized carbons (Fsp3) is 0.333. The number of piperidine rings is 1. The molecule has 1 fully saturated rings. The normalized spacial score (nSPS) is 17.5. The zero-order valence-corrected chi connectivity index (χ0v) is 16.3. The average molecular weight is 389 g/mol. The maximum Gasteiger partial charge on any atom is 0.253 e. The molecule has 2 N–H and O–H groups in total. The average Bonchev–Trinajstić information content (AvgIpc) is 3.22. The van der Waals surface area contributed by atoms with E-state index in [0.717, 1.165) is 54.2 Å². The molecule has 0 bridgehead atoms. The van der Waals surface area contributed by atoms with Gasteiger partial charge in [0, 0.05) is 42.3 Å². The van der Waals surface area contributed by atoms with Crippen molar-refractivity contribution in [1.29, 1.82) is 0 Å². The van der Waals surface area contributed by atoms with Crippen LogP contribution in [-0.2, 0) is 0 Å². The van der Waals surface area contributed by atoms with Gasteiger partial charge in [-0.1, -0.05) is 6.08 Å². The number of fused-ring (bicyclic) bond motifs is 2. The van der Waals surface area contributed by atoms with Gasteiger partial charge >= 0.3 is 0 Å². The maximum absolute atomic E-state index is 12.8. The number of carbonyl (C=O) groups is 1. The Morgan fingerprint density at radius 1 is 1.24 bits per heavy atom. The predicted octanol–water partition coefficient (Wildman–Crippen LogP) is 1.81. The molecule has 0 spiro atoms. The summed E-state index contributed by atoms with van der Waals surface area (Å²) < 4.78 is 1.75. The number of anilines is 1. The van der Waals surface area contributed by atoms with Crippen LogP contribution in [0.15, 0.2) is 42.9 Å². The summed E-state index contributed by atoms with van der Waals surface area (Å²) in [4.78, 5) is 23.9. The van der Waals surface area contributed by atoms with Crippen LogP contribution in [0.5, 0.6) is 0 Å². The zero-order chi connectivity index (χ0) is 19.8. The molecule has 0 aromatic carbocycles. The van der Waals surface area contributed by atoms with E-state index in [1.807, 2.05) is 24.4 Å². The highest BCUT2D eigenvalue weighted by Gasteiger charge is 2.22. The fourth-order valence-corrected chi connectivity index (χ4v) is 3.92. The van der Waals surface area contributed by atoms with Crippen molar-refractivity contribution in [3.05, 3.63) is 59.7 Å². The van der Waals surface area contributed by atoms with Gasteiger partial charge in [-0.2, -0.15) is 5.10 Å². The van der Waals surface area contributed by atoms with Crippen molar-refractivity contribution in [2.45, 2.75) is 18.9 Å². The number of aromatic nitrogens is 4. The second kappa shape index (κ2) is 7.29. The smallest absolute Gasteiger partial charge is 0.253 e. The second-order valence-corrected chi connectivity index (χ2v) is 7.62. The molecule has 0 saturated carbocycles. The highest BCUT2D eigenvalue weighted by Crippen LogP contribution is 2.31. The molecule has 0 atom stereocenters. The number of carbonyl (C=O) groups excluding carboxylic acids is 1. The summed E-state index contributed by atoms with van der Waals surface area (Å²) in [7, 11) is 2.11. The third kappa shape index (κ3) is 3.47. The largest absolute Gasteiger partial charge is 0.366 e. The molecule has 0 radical (unpaired) electrons. The number of nitrogens with one attached hydrogen (secondary N) is 2. The summed E-state index contributed by atoms with van der Waals surface area (Å²) in [5.41, 5.74) is 4.05. The Bertz CT molecular complexity index is 1100. The molecular formula is C21H23N7O. The van der Waals surface area contributed by atoms with Crippen LogP contribution >= 0.6 is 0 Å². The molecule has 3 aromatic heterocycles. The topological polar surface area (TPSA) is 87.5 Å². The highest BCUT2D eigenvalue weighted by atomic mass is 16.1. The monoisotopic (exact) mass is 389 g/mol. The first kappa shape index (κ1) is 17.8. The van der Waals surface area contributed by atoms with E-state index in [4.69, 9.17) is 0 Å². The van der Waals surface area contributed by atoms with Gasteiger partial charge in [0.25, 0.3) is 5.91 Å². The minimum absolute atomic E-state index is 0.0715. The van der Waals surface area contributed by atoms with E-state index in [0.29, 0.717) is 12.1 Å². The molecular weight excluding hydrogens is 366 g/mol. The van der Waals surface area contributed by atoms with Crippen LogP contribution < -0.4 is 10.6 Å².